The standard InChI is InChI=1S/2Cr.Cu.8O.Zn/q;;+2;;;;;4*-1;+2. The third kappa shape index (κ3) is 759. The first-order valence-electron chi connectivity index (χ1n) is 1.33. The molecular formula is Cr2CuO8Zn. The largest absolute Gasteiger partial charge is 2.00 e. The Balaban J connectivity index is -0.0000000457. The summed E-state index contributed by atoms with van der Waals surface area (Å²) in [5, 5.41) is 0. The molecule has 0 aliphatic carbocycles. The van der Waals surface area contributed by atoms with Crippen molar-refractivity contribution in [1.82, 2.24) is 0 Å². The third-order valence-corrected chi connectivity index (χ3v) is 0. The van der Waals surface area contributed by atoms with E-state index in [4.69, 9.17) is 31.8 Å². The van der Waals surface area contributed by atoms with E-state index in [1.807, 2.05) is 0 Å². The van der Waals surface area contributed by atoms with Crippen LogP contribution in [-0.2, 0) is 79.0 Å². The summed E-state index contributed by atoms with van der Waals surface area (Å²) in [6.45, 7) is 0. The summed E-state index contributed by atoms with van der Waals surface area (Å²) >= 11 is -11.5. The van der Waals surface area contributed by atoms with E-state index in [0.717, 1.165) is 0 Å². The Morgan fingerprint density at radius 2 is 0.667 bits per heavy atom. The van der Waals surface area contributed by atoms with Crippen molar-refractivity contribution in [2.45, 2.75) is 0 Å². The Labute approximate surface area is 95.0 Å². The SMILES string of the molecule is [Cu+2].[O]=[Cr](=[O])([O-])[O-].[O]=[Cr](=[O])([O-])[O-].[Zn+2]. The molecule has 0 spiro atoms. The van der Waals surface area contributed by atoms with Crippen LogP contribution in [0.15, 0.2) is 0 Å². The third-order valence-electron chi connectivity index (χ3n) is 0. The van der Waals surface area contributed by atoms with Crippen molar-refractivity contribution in [3.63, 3.8) is 0 Å². The summed E-state index contributed by atoms with van der Waals surface area (Å²) in [7, 11) is 0. The van der Waals surface area contributed by atoms with Gasteiger partial charge in [0.1, 0.15) is 0 Å². The zero-order valence-electron chi connectivity index (χ0n) is 5.09. The van der Waals surface area contributed by atoms with Crippen LogP contribution in [-0.4, -0.2) is 0 Å². The van der Waals surface area contributed by atoms with E-state index in [-0.39, 0.29) is 36.5 Å². The van der Waals surface area contributed by atoms with Crippen LogP contribution in [0.4, 0.5) is 0 Å². The summed E-state index contributed by atoms with van der Waals surface area (Å²) in [5.74, 6) is 0. The zero-order chi connectivity index (χ0) is 9.00. The predicted molar refractivity (Wildman–Crippen MR) is 2.75 cm³/mol. The molecule has 0 aromatic heterocycles. The maximum atomic E-state index is 8.59. The van der Waals surface area contributed by atoms with Gasteiger partial charge in [-0.05, 0) is 0 Å². The fourth-order valence-corrected chi connectivity index (χ4v) is 0. The van der Waals surface area contributed by atoms with Crippen LogP contribution in [0.3, 0.4) is 0 Å². The maximum absolute atomic E-state index is 8.59. The molecule has 0 bridgehead atoms. The molecule has 0 saturated heterocycles. The van der Waals surface area contributed by atoms with E-state index in [1.54, 1.807) is 0 Å². The van der Waals surface area contributed by atoms with Crippen LogP contribution in [0.2, 0.25) is 0 Å². The van der Waals surface area contributed by atoms with Crippen LogP contribution in [0.25, 0.3) is 0 Å². The minimum atomic E-state index is -5.75. The van der Waals surface area contributed by atoms with Gasteiger partial charge in [-0.25, -0.2) is 0 Å². The minimum Gasteiger partial charge on any atom is 2.00 e. The summed E-state index contributed by atoms with van der Waals surface area (Å²) < 4.78 is 68.8. The average Bonchev–Trinajstić information content (AvgIpc) is 1.12. The van der Waals surface area contributed by atoms with Gasteiger partial charge in [-0.1, -0.05) is 0 Å². The second-order valence-corrected chi connectivity index (χ2v) is 3.37. The van der Waals surface area contributed by atoms with Gasteiger partial charge < -0.3 is 0 Å². The van der Waals surface area contributed by atoms with Gasteiger partial charge in [-0.2, -0.15) is 0 Å². The van der Waals surface area contributed by atoms with Gasteiger partial charge in [-0.15, -0.1) is 0 Å². The van der Waals surface area contributed by atoms with Crippen molar-refractivity contribution in [2.24, 2.45) is 0 Å². The fourth-order valence-electron chi connectivity index (χ4n) is 0. The quantitative estimate of drug-likeness (QED) is 0.387. The number of hydrogen-bond acceptors (Lipinski definition) is 8. The van der Waals surface area contributed by atoms with Crippen LogP contribution in [0.1, 0.15) is 0 Å². The molecule has 0 atom stereocenters. The van der Waals surface area contributed by atoms with Gasteiger partial charge in [-0.3, -0.25) is 0 Å². The topological polar surface area (TPSA) is 161 Å². The molecule has 0 fully saturated rings. The molecule has 0 aromatic carbocycles. The van der Waals surface area contributed by atoms with E-state index >= 15 is 0 Å². The Morgan fingerprint density at radius 3 is 0.667 bits per heavy atom. The van der Waals surface area contributed by atoms with Gasteiger partial charge in [0, 0.05) is 0 Å². The predicted octanol–water partition coefficient (Wildman–Crippen LogP) is -5.24. The summed E-state index contributed by atoms with van der Waals surface area (Å²) in [5.41, 5.74) is 0. The molecule has 0 saturated carbocycles. The van der Waals surface area contributed by atoms with Crippen LogP contribution in [0, 0.1) is 0 Å². The van der Waals surface area contributed by atoms with Crippen molar-refractivity contribution in [3.05, 3.63) is 0 Å². The summed E-state index contributed by atoms with van der Waals surface area (Å²) in [4.78, 5) is 0. The monoisotopic (exact) mass is 359 g/mol. The Kier molecular flexibility index (Phi) is 17.1. The molecule has 0 aliphatic heterocycles. The molecule has 1 radical (unpaired) electrons. The molecule has 8 nitrogen and oxygen atoms in total. The molecule has 12 heteroatoms. The van der Waals surface area contributed by atoms with Crippen molar-refractivity contribution < 1.29 is 95.6 Å². The van der Waals surface area contributed by atoms with Crippen LogP contribution in [0.5, 0.6) is 0 Å². The molecule has 73 valence electrons. The molecule has 12 heavy (non-hydrogen) atoms. The normalized spacial score (nSPS) is 9.67. The molecule has 0 aromatic rings. The van der Waals surface area contributed by atoms with Gasteiger partial charge in [0.2, 0.25) is 0 Å². The van der Waals surface area contributed by atoms with Gasteiger partial charge in [0.05, 0.1) is 0 Å². The maximum Gasteiger partial charge on any atom is 2.00 e. The van der Waals surface area contributed by atoms with E-state index in [9.17, 15) is 0 Å². The van der Waals surface area contributed by atoms with Crippen molar-refractivity contribution in [2.75, 3.05) is 0 Å². The minimum absolute atomic E-state index is 0. The number of rotatable bonds is 0. The van der Waals surface area contributed by atoms with Crippen molar-refractivity contribution in [1.29, 1.82) is 0 Å². The summed E-state index contributed by atoms with van der Waals surface area (Å²) in [6, 6.07) is 0. The first-order chi connectivity index (χ1) is 4.00. The molecule has 0 rings (SSSR count). The smallest absolute Gasteiger partial charge is 2.00 e. The first kappa shape index (κ1) is 23.2. The number of hydrogen-bond donors (Lipinski definition) is 0. The van der Waals surface area contributed by atoms with E-state index in [2.05, 4.69) is 0 Å². The molecule has 0 heterocycles. The second kappa shape index (κ2) is 8.83. The molecule has 0 unspecified atom stereocenters. The van der Waals surface area contributed by atoms with Gasteiger partial charge >= 0.3 is 95.6 Å². The molecule has 0 N–H and O–H groups in total. The van der Waals surface area contributed by atoms with E-state index in [1.165, 1.54) is 0 Å². The van der Waals surface area contributed by atoms with Crippen LogP contribution < -0.4 is 16.6 Å². The second-order valence-electron chi connectivity index (χ2n) is 0.816. The zero-order valence-corrected chi connectivity index (χ0v) is 11.5. The van der Waals surface area contributed by atoms with Gasteiger partial charge in [0.25, 0.3) is 0 Å². The average molecular weight is 361 g/mol. The summed E-state index contributed by atoms with van der Waals surface area (Å²) in [6.07, 6.45) is 0. The van der Waals surface area contributed by atoms with Crippen molar-refractivity contribution in [3.8, 4) is 0 Å². The van der Waals surface area contributed by atoms with Crippen molar-refractivity contribution >= 4 is 0 Å². The van der Waals surface area contributed by atoms with Gasteiger partial charge in [0.15, 0.2) is 0 Å². The Hall–Kier alpha value is 1.25. The molecular weight excluding hydrogens is 361 g/mol. The Bertz CT molecular complexity index is 213. The molecule has 0 amide bonds. The first-order valence-corrected chi connectivity index (χ1v) is 5.50. The van der Waals surface area contributed by atoms with E-state index < -0.39 is 27.2 Å². The Morgan fingerprint density at radius 1 is 0.667 bits per heavy atom. The fraction of sp³-hybridized carbons (Fsp3) is 0. The molecule has 0 aliphatic rings. The van der Waals surface area contributed by atoms with E-state index in [0.29, 0.717) is 0 Å². The van der Waals surface area contributed by atoms with Crippen LogP contribution >= 0.6 is 0 Å².